The summed E-state index contributed by atoms with van der Waals surface area (Å²) in [5, 5.41) is 0. The lowest BCUT2D eigenvalue weighted by Crippen LogP contribution is -3.10. The molecule has 1 N–H and O–H groups in total. The number of carbonyl (C=O) groups is 1. The van der Waals surface area contributed by atoms with Crippen LogP contribution in [0, 0.1) is 17.8 Å². The topological polar surface area (TPSA) is 30.7 Å². The third kappa shape index (κ3) is 5.28. The van der Waals surface area contributed by atoms with Crippen LogP contribution < -0.4 is 4.90 Å². The molecule has 0 aromatic rings. The predicted octanol–water partition coefficient (Wildman–Crippen LogP) is 2.45. The van der Waals surface area contributed by atoms with E-state index in [1.54, 1.807) is 4.90 Å². The Labute approximate surface area is 130 Å². The molecule has 1 saturated carbocycles. The minimum Gasteiger partial charge on any atom is -0.465 e. The van der Waals surface area contributed by atoms with Crippen LogP contribution in [0.2, 0.25) is 0 Å². The molecule has 1 aliphatic carbocycles. The highest BCUT2D eigenvalue weighted by atomic mass is 16.5. The number of hydrogen-bond donors (Lipinski definition) is 1. The van der Waals surface area contributed by atoms with Crippen molar-refractivity contribution >= 4 is 5.97 Å². The van der Waals surface area contributed by atoms with E-state index in [4.69, 9.17) is 4.74 Å². The van der Waals surface area contributed by atoms with Gasteiger partial charge in [-0.2, -0.15) is 0 Å². The number of quaternary nitrogens is 1. The number of nitrogens with one attached hydrogen (secondary N) is 1. The zero-order chi connectivity index (χ0) is 15.1. The molecule has 21 heavy (non-hydrogen) atoms. The van der Waals surface area contributed by atoms with Crippen molar-refractivity contribution in [3.63, 3.8) is 0 Å². The van der Waals surface area contributed by atoms with Crippen molar-refractivity contribution in [2.24, 2.45) is 17.8 Å². The van der Waals surface area contributed by atoms with E-state index >= 15 is 0 Å². The summed E-state index contributed by atoms with van der Waals surface area (Å²) in [6.07, 6.45) is 9.88. The minimum absolute atomic E-state index is 0.0898. The lowest BCUT2D eigenvalue weighted by atomic mass is 9.87. The normalized spacial score (nSPS) is 23.3. The van der Waals surface area contributed by atoms with E-state index in [0.717, 1.165) is 19.4 Å². The van der Waals surface area contributed by atoms with E-state index in [0.29, 0.717) is 18.4 Å². The molecule has 2 aliphatic rings. The molecule has 2 rings (SSSR count). The highest BCUT2D eigenvalue weighted by Crippen LogP contribution is 2.34. The average molecular weight is 296 g/mol. The molecule has 0 radical (unpaired) electrons. The fourth-order valence-electron chi connectivity index (χ4n) is 4.18. The molecule has 3 nitrogen and oxygen atoms in total. The van der Waals surface area contributed by atoms with Crippen LogP contribution in [0.15, 0.2) is 0 Å². The van der Waals surface area contributed by atoms with Crippen molar-refractivity contribution in [1.82, 2.24) is 0 Å². The summed E-state index contributed by atoms with van der Waals surface area (Å²) < 4.78 is 5.69. The van der Waals surface area contributed by atoms with Crippen molar-refractivity contribution < 1.29 is 14.4 Å². The number of hydrogen-bond acceptors (Lipinski definition) is 2. The van der Waals surface area contributed by atoms with Crippen molar-refractivity contribution in [3.05, 3.63) is 0 Å². The van der Waals surface area contributed by atoms with Gasteiger partial charge in [-0.15, -0.1) is 0 Å². The SMILES string of the molecule is CCC[C@H](C(=O)OC[C@@H](C)C[NH+]1CCCC1)C1CCCC1. The highest BCUT2D eigenvalue weighted by molar-refractivity contribution is 5.72. The Morgan fingerprint density at radius 2 is 1.86 bits per heavy atom. The van der Waals surface area contributed by atoms with Crippen molar-refractivity contribution in [1.29, 1.82) is 0 Å². The molecule has 0 aromatic carbocycles. The molecule has 0 bridgehead atoms. The van der Waals surface area contributed by atoms with Crippen LogP contribution in [0.3, 0.4) is 0 Å². The second-order valence-corrected chi connectivity index (χ2v) is 7.34. The van der Waals surface area contributed by atoms with Crippen molar-refractivity contribution in [2.45, 2.75) is 65.2 Å². The molecule has 1 saturated heterocycles. The molecule has 2 fully saturated rings. The van der Waals surface area contributed by atoms with Crippen LogP contribution in [-0.2, 0) is 9.53 Å². The van der Waals surface area contributed by atoms with Gasteiger partial charge in [-0.25, -0.2) is 0 Å². The van der Waals surface area contributed by atoms with Crippen LogP contribution in [0.4, 0.5) is 0 Å². The first-order valence-electron chi connectivity index (χ1n) is 9.21. The van der Waals surface area contributed by atoms with Gasteiger partial charge in [0.2, 0.25) is 0 Å². The maximum atomic E-state index is 12.4. The van der Waals surface area contributed by atoms with Gasteiger partial charge in [-0.05, 0) is 25.2 Å². The second kappa shape index (κ2) is 8.77. The number of carbonyl (C=O) groups excluding carboxylic acids is 1. The zero-order valence-corrected chi connectivity index (χ0v) is 14.0. The Morgan fingerprint density at radius 3 is 2.48 bits per heavy atom. The predicted molar refractivity (Wildman–Crippen MR) is 85.3 cm³/mol. The Morgan fingerprint density at radius 1 is 1.19 bits per heavy atom. The first-order chi connectivity index (χ1) is 10.2. The van der Waals surface area contributed by atoms with Gasteiger partial charge in [0.05, 0.1) is 32.2 Å². The summed E-state index contributed by atoms with van der Waals surface area (Å²) in [5.74, 6) is 1.35. The fraction of sp³-hybridized carbons (Fsp3) is 0.944. The molecule has 1 heterocycles. The largest absolute Gasteiger partial charge is 0.465 e. The molecule has 1 aliphatic heterocycles. The summed E-state index contributed by atoms with van der Waals surface area (Å²) in [6, 6.07) is 0. The molecule has 2 atom stereocenters. The fourth-order valence-corrected chi connectivity index (χ4v) is 4.18. The zero-order valence-electron chi connectivity index (χ0n) is 14.0. The summed E-state index contributed by atoms with van der Waals surface area (Å²) in [7, 11) is 0. The monoisotopic (exact) mass is 296 g/mol. The van der Waals surface area contributed by atoms with E-state index in [9.17, 15) is 4.79 Å². The summed E-state index contributed by atoms with van der Waals surface area (Å²) in [4.78, 5) is 14.1. The highest BCUT2D eigenvalue weighted by Gasteiger charge is 2.31. The number of likely N-dealkylation sites (tertiary alicyclic amines) is 1. The van der Waals surface area contributed by atoms with Crippen LogP contribution in [0.25, 0.3) is 0 Å². The maximum absolute atomic E-state index is 12.4. The lowest BCUT2D eigenvalue weighted by molar-refractivity contribution is -0.890. The van der Waals surface area contributed by atoms with Crippen LogP contribution in [-0.4, -0.2) is 32.2 Å². The van der Waals surface area contributed by atoms with Crippen LogP contribution in [0.5, 0.6) is 0 Å². The van der Waals surface area contributed by atoms with Crippen molar-refractivity contribution in [3.8, 4) is 0 Å². The first kappa shape index (κ1) is 16.8. The van der Waals surface area contributed by atoms with E-state index in [-0.39, 0.29) is 11.9 Å². The van der Waals surface area contributed by atoms with Gasteiger partial charge in [0.25, 0.3) is 0 Å². The van der Waals surface area contributed by atoms with Gasteiger partial charge in [0.1, 0.15) is 0 Å². The lowest BCUT2D eigenvalue weighted by Gasteiger charge is -2.23. The number of rotatable bonds is 8. The Hall–Kier alpha value is -0.570. The molecule has 0 amide bonds. The van der Waals surface area contributed by atoms with Gasteiger partial charge in [0, 0.05) is 18.8 Å². The standard InChI is InChI=1S/C18H33NO2/c1-3-8-17(16-9-4-5-10-16)18(20)21-14-15(2)13-19-11-6-7-12-19/h15-17H,3-14H2,1-2H3/p+1/t15-,17-/m0/s1. The third-order valence-corrected chi connectivity index (χ3v) is 5.33. The molecular formula is C18H34NO2+. The van der Waals surface area contributed by atoms with Gasteiger partial charge >= 0.3 is 5.97 Å². The van der Waals surface area contributed by atoms with Crippen LogP contribution in [0.1, 0.15) is 65.2 Å². The summed E-state index contributed by atoms with van der Waals surface area (Å²) >= 11 is 0. The number of esters is 1. The van der Waals surface area contributed by atoms with E-state index in [1.807, 2.05) is 0 Å². The van der Waals surface area contributed by atoms with Gasteiger partial charge < -0.3 is 9.64 Å². The Balaban J connectivity index is 1.72. The van der Waals surface area contributed by atoms with Gasteiger partial charge in [0.15, 0.2) is 0 Å². The number of ether oxygens (including phenoxy) is 1. The van der Waals surface area contributed by atoms with E-state index in [2.05, 4.69) is 13.8 Å². The molecule has 0 aromatic heterocycles. The first-order valence-corrected chi connectivity index (χ1v) is 9.21. The second-order valence-electron chi connectivity index (χ2n) is 7.34. The van der Waals surface area contributed by atoms with E-state index < -0.39 is 0 Å². The average Bonchev–Trinajstić information content (AvgIpc) is 3.15. The smallest absolute Gasteiger partial charge is 0.309 e. The Bertz CT molecular complexity index is 306. The third-order valence-electron chi connectivity index (χ3n) is 5.33. The summed E-state index contributed by atoms with van der Waals surface area (Å²) in [6.45, 7) is 8.79. The minimum atomic E-state index is 0.0898. The molecule has 122 valence electrons. The van der Waals surface area contributed by atoms with Gasteiger partial charge in [-0.1, -0.05) is 33.1 Å². The van der Waals surface area contributed by atoms with Crippen molar-refractivity contribution in [2.75, 3.05) is 26.2 Å². The maximum Gasteiger partial charge on any atom is 0.309 e. The molecule has 0 unspecified atom stereocenters. The Kier molecular flexibility index (Phi) is 7.01. The summed E-state index contributed by atoms with van der Waals surface area (Å²) in [5.41, 5.74) is 0. The van der Waals surface area contributed by atoms with Crippen LogP contribution >= 0.6 is 0 Å². The quantitative estimate of drug-likeness (QED) is 0.698. The molecule has 0 spiro atoms. The van der Waals surface area contributed by atoms with Gasteiger partial charge in [-0.3, -0.25) is 4.79 Å². The molecule has 3 heteroatoms. The van der Waals surface area contributed by atoms with E-state index in [1.165, 1.54) is 51.6 Å². The molecular weight excluding hydrogens is 262 g/mol.